The van der Waals surface area contributed by atoms with Crippen molar-refractivity contribution >= 4 is 5.78 Å². The Kier molecular flexibility index (Phi) is 2.28. The molecule has 11 heavy (non-hydrogen) atoms. The van der Waals surface area contributed by atoms with Gasteiger partial charge in [0.25, 0.3) is 0 Å². The first kappa shape index (κ1) is 8.25. The molecule has 0 unspecified atom stereocenters. The largest absolute Gasteiger partial charge is 0.295 e. The summed E-state index contributed by atoms with van der Waals surface area (Å²) in [7, 11) is 0. The second kappa shape index (κ2) is 3.04. The van der Waals surface area contributed by atoms with E-state index in [0.29, 0.717) is 18.1 Å². The summed E-state index contributed by atoms with van der Waals surface area (Å²) in [5.74, 6) is 0.646. The molecule has 0 heterocycles. The van der Waals surface area contributed by atoms with Crippen LogP contribution in [0, 0.1) is 5.92 Å². The topological polar surface area (TPSA) is 17.1 Å². The predicted octanol–water partition coefficient (Wildman–Crippen LogP) is 2.49. The van der Waals surface area contributed by atoms with Crippen molar-refractivity contribution in [2.75, 3.05) is 0 Å². The number of rotatable bonds is 1. The van der Waals surface area contributed by atoms with E-state index in [0.717, 1.165) is 17.6 Å². The van der Waals surface area contributed by atoms with E-state index < -0.39 is 0 Å². The summed E-state index contributed by atoms with van der Waals surface area (Å²) in [6.07, 6.45) is 3.60. The lowest BCUT2D eigenvalue weighted by Crippen LogP contribution is -2.01. The Balaban J connectivity index is 2.86. The lowest BCUT2D eigenvalue weighted by atomic mass is 9.96. The minimum Gasteiger partial charge on any atom is -0.295 e. The van der Waals surface area contributed by atoms with Crippen LogP contribution in [-0.2, 0) is 4.79 Å². The Labute approximate surface area is 67.8 Å². The van der Waals surface area contributed by atoms with Crippen molar-refractivity contribution in [2.24, 2.45) is 5.92 Å². The quantitative estimate of drug-likeness (QED) is 0.414. The SMILES string of the molecule is C=C(C)[C@H]1CCC(=O)/C1=C/C. The van der Waals surface area contributed by atoms with Crippen molar-refractivity contribution < 1.29 is 4.79 Å². The van der Waals surface area contributed by atoms with Crippen molar-refractivity contribution in [3.05, 3.63) is 23.8 Å². The average Bonchev–Trinajstić information content (AvgIpc) is 2.30. The van der Waals surface area contributed by atoms with E-state index in [1.165, 1.54) is 0 Å². The molecule has 0 amide bonds. The molecule has 0 aliphatic heterocycles. The van der Waals surface area contributed by atoms with Crippen LogP contribution in [0.25, 0.3) is 0 Å². The first-order chi connectivity index (χ1) is 5.16. The Morgan fingerprint density at radius 2 is 2.36 bits per heavy atom. The summed E-state index contributed by atoms with van der Waals surface area (Å²) in [5, 5.41) is 0. The van der Waals surface area contributed by atoms with Crippen molar-refractivity contribution in [3.8, 4) is 0 Å². The van der Waals surface area contributed by atoms with E-state index in [-0.39, 0.29) is 0 Å². The van der Waals surface area contributed by atoms with Crippen molar-refractivity contribution in [3.63, 3.8) is 0 Å². The number of hydrogen-bond donors (Lipinski definition) is 0. The average molecular weight is 150 g/mol. The molecule has 0 radical (unpaired) electrons. The standard InChI is InChI=1S/C10H14O/c1-4-8-9(7(2)3)5-6-10(8)11/h4,9H,2,5-6H2,1,3H3/b8-4+/t9-/m1/s1. The first-order valence-corrected chi connectivity index (χ1v) is 4.01. The van der Waals surface area contributed by atoms with Crippen molar-refractivity contribution in [1.29, 1.82) is 0 Å². The normalized spacial score (nSPS) is 28.0. The lowest BCUT2D eigenvalue weighted by molar-refractivity contribution is -0.114. The van der Waals surface area contributed by atoms with Crippen LogP contribution < -0.4 is 0 Å². The molecular formula is C10H14O. The minimum atomic E-state index is 0.306. The molecule has 1 fully saturated rings. The maximum atomic E-state index is 11.2. The van der Waals surface area contributed by atoms with Crippen molar-refractivity contribution in [1.82, 2.24) is 0 Å². The molecule has 1 aliphatic carbocycles. The van der Waals surface area contributed by atoms with Gasteiger partial charge in [-0.3, -0.25) is 4.79 Å². The van der Waals surface area contributed by atoms with Crippen LogP contribution in [0.4, 0.5) is 0 Å². The van der Waals surface area contributed by atoms with Gasteiger partial charge in [-0.1, -0.05) is 18.2 Å². The van der Waals surface area contributed by atoms with Gasteiger partial charge in [0.2, 0.25) is 0 Å². The molecule has 1 atom stereocenters. The van der Waals surface area contributed by atoms with Gasteiger partial charge in [-0.05, 0) is 25.8 Å². The molecule has 0 aromatic carbocycles. The van der Waals surface area contributed by atoms with Gasteiger partial charge in [-0.25, -0.2) is 0 Å². The third-order valence-corrected chi connectivity index (χ3v) is 2.26. The van der Waals surface area contributed by atoms with Gasteiger partial charge >= 0.3 is 0 Å². The summed E-state index contributed by atoms with van der Waals surface area (Å²) < 4.78 is 0. The highest BCUT2D eigenvalue weighted by Crippen LogP contribution is 2.32. The molecule has 0 aromatic heterocycles. The van der Waals surface area contributed by atoms with E-state index in [9.17, 15) is 4.79 Å². The molecule has 0 aromatic rings. The summed E-state index contributed by atoms with van der Waals surface area (Å²) in [6, 6.07) is 0. The maximum absolute atomic E-state index is 11.2. The Morgan fingerprint density at radius 1 is 1.73 bits per heavy atom. The first-order valence-electron chi connectivity index (χ1n) is 4.01. The van der Waals surface area contributed by atoms with Gasteiger partial charge in [-0.2, -0.15) is 0 Å². The predicted molar refractivity (Wildman–Crippen MR) is 46.3 cm³/mol. The fourth-order valence-corrected chi connectivity index (χ4v) is 1.64. The smallest absolute Gasteiger partial charge is 0.159 e. The van der Waals surface area contributed by atoms with Crippen LogP contribution in [0.15, 0.2) is 23.8 Å². The zero-order valence-corrected chi connectivity index (χ0v) is 7.18. The summed E-state index contributed by atoms with van der Waals surface area (Å²) in [5.41, 5.74) is 2.08. The fraction of sp³-hybridized carbons (Fsp3) is 0.500. The summed E-state index contributed by atoms with van der Waals surface area (Å²) >= 11 is 0. The molecule has 0 bridgehead atoms. The molecule has 1 saturated carbocycles. The Hall–Kier alpha value is -0.850. The summed E-state index contributed by atoms with van der Waals surface area (Å²) in [6.45, 7) is 7.79. The number of hydrogen-bond acceptors (Lipinski definition) is 1. The number of carbonyl (C=O) groups is 1. The third-order valence-electron chi connectivity index (χ3n) is 2.26. The maximum Gasteiger partial charge on any atom is 0.159 e. The van der Waals surface area contributed by atoms with Gasteiger partial charge in [0.05, 0.1) is 0 Å². The highest BCUT2D eigenvalue weighted by molar-refractivity contribution is 5.98. The highest BCUT2D eigenvalue weighted by Gasteiger charge is 2.27. The molecule has 1 aliphatic rings. The van der Waals surface area contributed by atoms with Crippen LogP contribution in [0.3, 0.4) is 0 Å². The van der Waals surface area contributed by atoms with Crippen LogP contribution in [-0.4, -0.2) is 5.78 Å². The van der Waals surface area contributed by atoms with Gasteiger partial charge in [0.15, 0.2) is 5.78 Å². The zero-order chi connectivity index (χ0) is 8.43. The van der Waals surface area contributed by atoms with E-state index in [2.05, 4.69) is 6.58 Å². The van der Waals surface area contributed by atoms with Crippen LogP contribution in [0.5, 0.6) is 0 Å². The highest BCUT2D eigenvalue weighted by atomic mass is 16.1. The molecule has 0 saturated heterocycles. The van der Waals surface area contributed by atoms with Crippen LogP contribution in [0.2, 0.25) is 0 Å². The van der Waals surface area contributed by atoms with E-state index in [1.807, 2.05) is 19.9 Å². The number of allylic oxidation sites excluding steroid dienone is 3. The lowest BCUT2D eigenvalue weighted by Gasteiger charge is -2.08. The van der Waals surface area contributed by atoms with E-state index in [4.69, 9.17) is 0 Å². The molecule has 1 heteroatoms. The summed E-state index contributed by atoms with van der Waals surface area (Å²) in [4.78, 5) is 11.2. The molecule has 1 nitrogen and oxygen atoms in total. The second-order valence-electron chi connectivity index (χ2n) is 3.10. The minimum absolute atomic E-state index is 0.306. The van der Waals surface area contributed by atoms with Gasteiger partial charge in [0, 0.05) is 12.3 Å². The number of carbonyl (C=O) groups excluding carboxylic acids is 1. The molecule has 0 spiro atoms. The van der Waals surface area contributed by atoms with Gasteiger partial charge in [-0.15, -0.1) is 0 Å². The monoisotopic (exact) mass is 150 g/mol. The number of ketones is 1. The van der Waals surface area contributed by atoms with Crippen LogP contribution in [0.1, 0.15) is 26.7 Å². The zero-order valence-electron chi connectivity index (χ0n) is 7.18. The third kappa shape index (κ3) is 1.42. The Bertz CT molecular complexity index is 223. The van der Waals surface area contributed by atoms with E-state index >= 15 is 0 Å². The van der Waals surface area contributed by atoms with Gasteiger partial charge < -0.3 is 0 Å². The fourth-order valence-electron chi connectivity index (χ4n) is 1.64. The second-order valence-corrected chi connectivity index (χ2v) is 3.10. The number of Topliss-reactive ketones (excluding diaryl/α,β-unsaturated/α-hetero) is 1. The van der Waals surface area contributed by atoms with Crippen molar-refractivity contribution in [2.45, 2.75) is 26.7 Å². The Morgan fingerprint density at radius 3 is 2.73 bits per heavy atom. The van der Waals surface area contributed by atoms with Crippen LogP contribution >= 0.6 is 0 Å². The molecule has 60 valence electrons. The molecule has 1 rings (SSSR count). The molecular weight excluding hydrogens is 136 g/mol. The van der Waals surface area contributed by atoms with E-state index in [1.54, 1.807) is 0 Å². The van der Waals surface area contributed by atoms with Gasteiger partial charge in [0.1, 0.15) is 0 Å². The molecule has 0 N–H and O–H groups in total.